The van der Waals surface area contributed by atoms with Crippen molar-refractivity contribution in [3.05, 3.63) is 83.9 Å². The third kappa shape index (κ3) is 6.76. The standard InChI is InChI=1S/C28H36O4/c1-2-3-6-15-24(29-19-22-11-7-4-8-12-22)16-17-25-26(18-28-31-21-27(25)32-28)30-20-23-13-9-5-10-14-23/h4-5,7-14,16-17,24-28H,2-3,6,15,18-21H2,1H3/b17-16+/t24-,25-,26+,27+,28+/m0/s1. The molecule has 2 bridgehead atoms. The summed E-state index contributed by atoms with van der Waals surface area (Å²) >= 11 is 0. The van der Waals surface area contributed by atoms with Crippen molar-refractivity contribution < 1.29 is 18.9 Å². The summed E-state index contributed by atoms with van der Waals surface area (Å²) in [6.45, 7) is 4.11. The van der Waals surface area contributed by atoms with Crippen LogP contribution in [0.1, 0.15) is 50.2 Å². The van der Waals surface area contributed by atoms with Gasteiger partial charge in [0.25, 0.3) is 0 Å². The van der Waals surface area contributed by atoms with Crippen molar-refractivity contribution in [1.82, 2.24) is 0 Å². The van der Waals surface area contributed by atoms with Crippen LogP contribution in [0.2, 0.25) is 0 Å². The molecule has 2 heterocycles. The number of hydrogen-bond donors (Lipinski definition) is 0. The maximum atomic E-state index is 6.37. The van der Waals surface area contributed by atoms with Crippen LogP contribution in [-0.2, 0) is 32.2 Å². The molecule has 0 spiro atoms. The minimum atomic E-state index is -0.139. The summed E-state index contributed by atoms with van der Waals surface area (Å²) < 4.78 is 24.6. The molecule has 0 saturated carbocycles. The second-order valence-corrected chi connectivity index (χ2v) is 8.80. The van der Waals surface area contributed by atoms with Crippen molar-refractivity contribution >= 4 is 0 Å². The van der Waals surface area contributed by atoms with Gasteiger partial charge in [0.2, 0.25) is 0 Å². The molecular formula is C28H36O4. The molecule has 0 amide bonds. The van der Waals surface area contributed by atoms with Crippen LogP contribution in [0.5, 0.6) is 0 Å². The highest BCUT2D eigenvalue weighted by Gasteiger charge is 2.43. The van der Waals surface area contributed by atoms with Crippen molar-refractivity contribution in [2.75, 3.05) is 6.61 Å². The molecule has 2 aromatic carbocycles. The minimum Gasteiger partial charge on any atom is -0.373 e. The van der Waals surface area contributed by atoms with Gasteiger partial charge >= 0.3 is 0 Å². The van der Waals surface area contributed by atoms with Gasteiger partial charge in [-0.15, -0.1) is 0 Å². The predicted molar refractivity (Wildman–Crippen MR) is 126 cm³/mol. The normalized spacial score (nSPS) is 25.9. The number of rotatable bonds is 12. The number of fused-ring (bicyclic) bond motifs is 2. The lowest BCUT2D eigenvalue weighted by molar-refractivity contribution is -0.151. The van der Waals surface area contributed by atoms with Crippen LogP contribution >= 0.6 is 0 Å². The first-order valence-corrected chi connectivity index (χ1v) is 12.1. The largest absolute Gasteiger partial charge is 0.373 e. The van der Waals surface area contributed by atoms with Gasteiger partial charge in [0.05, 0.1) is 38.1 Å². The molecule has 172 valence electrons. The Labute approximate surface area is 192 Å². The molecular weight excluding hydrogens is 400 g/mol. The van der Waals surface area contributed by atoms with Crippen molar-refractivity contribution in [1.29, 1.82) is 0 Å². The Morgan fingerprint density at radius 2 is 1.69 bits per heavy atom. The van der Waals surface area contributed by atoms with E-state index in [-0.39, 0.29) is 30.5 Å². The summed E-state index contributed by atoms with van der Waals surface area (Å²) in [4.78, 5) is 0. The maximum Gasteiger partial charge on any atom is 0.160 e. The van der Waals surface area contributed by atoms with Crippen molar-refractivity contribution in [2.24, 2.45) is 5.92 Å². The van der Waals surface area contributed by atoms with Gasteiger partial charge in [-0.1, -0.05) is 99.0 Å². The van der Waals surface area contributed by atoms with Crippen molar-refractivity contribution in [3.8, 4) is 0 Å². The molecule has 32 heavy (non-hydrogen) atoms. The number of unbranched alkanes of at least 4 members (excludes halogenated alkanes) is 2. The molecule has 0 unspecified atom stereocenters. The summed E-state index contributed by atoms with van der Waals surface area (Å²) in [5.74, 6) is 0.173. The highest BCUT2D eigenvalue weighted by atomic mass is 16.7. The molecule has 2 aliphatic rings. The summed E-state index contributed by atoms with van der Waals surface area (Å²) in [5.41, 5.74) is 2.40. The molecule has 0 aromatic heterocycles. The minimum absolute atomic E-state index is 0.0520. The highest BCUT2D eigenvalue weighted by molar-refractivity contribution is 5.14. The zero-order valence-corrected chi connectivity index (χ0v) is 19.1. The zero-order chi connectivity index (χ0) is 22.0. The predicted octanol–water partition coefficient (Wildman–Crippen LogP) is 6.06. The van der Waals surface area contributed by atoms with Gasteiger partial charge in [-0.2, -0.15) is 0 Å². The molecule has 2 saturated heterocycles. The summed E-state index contributed by atoms with van der Waals surface area (Å²) in [6.07, 6.45) is 10.0. The van der Waals surface area contributed by atoms with E-state index in [1.807, 2.05) is 12.1 Å². The number of ether oxygens (including phenoxy) is 4. The average Bonchev–Trinajstić information content (AvgIpc) is 3.23. The van der Waals surface area contributed by atoms with E-state index in [0.717, 1.165) is 12.8 Å². The van der Waals surface area contributed by atoms with E-state index in [0.29, 0.717) is 19.8 Å². The van der Waals surface area contributed by atoms with Crippen LogP contribution in [0.3, 0.4) is 0 Å². The first-order valence-electron chi connectivity index (χ1n) is 12.1. The number of hydrogen-bond acceptors (Lipinski definition) is 4. The first kappa shape index (κ1) is 23.2. The molecule has 2 aromatic rings. The van der Waals surface area contributed by atoms with Crippen LogP contribution in [0.25, 0.3) is 0 Å². The van der Waals surface area contributed by atoms with E-state index < -0.39 is 0 Å². The van der Waals surface area contributed by atoms with E-state index in [9.17, 15) is 0 Å². The lowest BCUT2D eigenvalue weighted by atomic mass is 9.91. The zero-order valence-electron chi connectivity index (χ0n) is 19.1. The average molecular weight is 437 g/mol. The SMILES string of the molecule is CCCCC[C@@H](/C=C/[C@H]1[C@H](OCc2ccccc2)C[C@@H]2OC[C@H]1O2)OCc1ccccc1. The van der Waals surface area contributed by atoms with Gasteiger partial charge < -0.3 is 18.9 Å². The fourth-order valence-corrected chi connectivity index (χ4v) is 4.45. The van der Waals surface area contributed by atoms with Gasteiger partial charge in [-0.05, 0) is 17.5 Å². The van der Waals surface area contributed by atoms with Crippen molar-refractivity contribution in [2.45, 2.75) is 76.8 Å². The Morgan fingerprint density at radius 1 is 0.969 bits per heavy atom. The quantitative estimate of drug-likeness (QED) is 0.300. The van der Waals surface area contributed by atoms with Gasteiger partial charge in [0.15, 0.2) is 6.29 Å². The molecule has 0 aliphatic carbocycles. The second-order valence-electron chi connectivity index (χ2n) is 8.80. The Kier molecular flexibility index (Phi) is 8.92. The molecule has 5 atom stereocenters. The van der Waals surface area contributed by atoms with Gasteiger partial charge in [0.1, 0.15) is 0 Å². The van der Waals surface area contributed by atoms with Crippen LogP contribution in [0, 0.1) is 5.92 Å². The molecule has 0 N–H and O–H groups in total. The molecule has 4 rings (SSSR count). The molecule has 0 radical (unpaired) electrons. The Bertz CT molecular complexity index is 807. The van der Waals surface area contributed by atoms with Crippen molar-refractivity contribution in [3.63, 3.8) is 0 Å². The Balaban J connectivity index is 1.40. The highest BCUT2D eigenvalue weighted by Crippen LogP contribution is 2.35. The second kappa shape index (κ2) is 12.3. The summed E-state index contributed by atoms with van der Waals surface area (Å²) in [7, 11) is 0. The lowest BCUT2D eigenvalue weighted by Gasteiger charge is -2.33. The molecule has 2 aliphatic heterocycles. The Hall–Kier alpha value is -1.98. The van der Waals surface area contributed by atoms with E-state index in [1.54, 1.807) is 0 Å². The van der Waals surface area contributed by atoms with E-state index in [1.165, 1.54) is 30.4 Å². The maximum absolute atomic E-state index is 6.37. The van der Waals surface area contributed by atoms with Crippen LogP contribution < -0.4 is 0 Å². The topological polar surface area (TPSA) is 36.9 Å². The Morgan fingerprint density at radius 3 is 2.41 bits per heavy atom. The fraction of sp³-hybridized carbons (Fsp3) is 0.500. The van der Waals surface area contributed by atoms with E-state index in [2.05, 4.69) is 67.6 Å². The number of benzene rings is 2. The van der Waals surface area contributed by atoms with Crippen LogP contribution in [0.4, 0.5) is 0 Å². The monoisotopic (exact) mass is 436 g/mol. The third-order valence-corrected chi connectivity index (χ3v) is 6.31. The van der Waals surface area contributed by atoms with Gasteiger partial charge in [0, 0.05) is 12.3 Å². The first-order chi connectivity index (χ1) is 15.8. The smallest absolute Gasteiger partial charge is 0.160 e. The molecule has 4 heteroatoms. The molecule has 2 fully saturated rings. The van der Waals surface area contributed by atoms with Crippen LogP contribution in [-0.4, -0.2) is 31.2 Å². The fourth-order valence-electron chi connectivity index (χ4n) is 4.45. The summed E-state index contributed by atoms with van der Waals surface area (Å²) in [6, 6.07) is 20.7. The van der Waals surface area contributed by atoms with E-state index >= 15 is 0 Å². The van der Waals surface area contributed by atoms with Gasteiger partial charge in [-0.25, -0.2) is 0 Å². The third-order valence-electron chi connectivity index (χ3n) is 6.31. The van der Waals surface area contributed by atoms with Crippen LogP contribution in [0.15, 0.2) is 72.8 Å². The summed E-state index contributed by atoms with van der Waals surface area (Å²) in [5, 5.41) is 0. The van der Waals surface area contributed by atoms with E-state index in [4.69, 9.17) is 18.9 Å². The molecule has 4 nitrogen and oxygen atoms in total. The lowest BCUT2D eigenvalue weighted by Crippen LogP contribution is -2.40. The van der Waals surface area contributed by atoms with Gasteiger partial charge in [-0.3, -0.25) is 0 Å².